The third kappa shape index (κ3) is 4.00. The lowest BCUT2D eigenvalue weighted by Crippen LogP contribution is -2.15. The third-order valence-corrected chi connectivity index (χ3v) is 4.40. The molecule has 0 unspecified atom stereocenters. The summed E-state index contributed by atoms with van der Waals surface area (Å²) in [5, 5.41) is 3.20. The van der Waals surface area contributed by atoms with Gasteiger partial charge in [0.25, 0.3) is 0 Å². The van der Waals surface area contributed by atoms with Crippen molar-refractivity contribution in [2.45, 2.75) is 5.16 Å². The molecule has 1 N–H and O–H groups in total. The van der Waals surface area contributed by atoms with Crippen LogP contribution in [0, 0.1) is 5.82 Å². The van der Waals surface area contributed by atoms with Gasteiger partial charge >= 0.3 is 0 Å². The van der Waals surface area contributed by atoms with Crippen LogP contribution in [0.15, 0.2) is 66.1 Å². The summed E-state index contributed by atoms with van der Waals surface area (Å²) < 4.78 is 20.8. The number of halogens is 1. The Hall–Kier alpha value is -2.80. The molecule has 0 bridgehead atoms. The Morgan fingerprint density at radius 3 is 2.80 bits per heavy atom. The molecule has 0 spiro atoms. The zero-order chi connectivity index (χ0) is 17.6. The van der Waals surface area contributed by atoms with Gasteiger partial charge in [-0.25, -0.2) is 9.37 Å². The number of hydrogen-bond acceptors (Lipinski definition) is 4. The number of rotatable bonds is 6. The highest BCUT2D eigenvalue weighted by Crippen LogP contribution is 2.27. The quantitative estimate of drug-likeness (QED) is 0.683. The molecular weight excluding hydrogens is 341 g/mol. The molecule has 0 atom stereocenters. The van der Waals surface area contributed by atoms with Crippen LogP contribution >= 0.6 is 11.8 Å². The van der Waals surface area contributed by atoms with Gasteiger partial charge in [-0.1, -0.05) is 36.0 Å². The predicted molar refractivity (Wildman–Crippen MR) is 95.9 cm³/mol. The molecule has 0 aliphatic carbocycles. The van der Waals surface area contributed by atoms with Gasteiger partial charge in [-0.05, 0) is 24.3 Å². The molecule has 0 fully saturated rings. The van der Waals surface area contributed by atoms with Crippen LogP contribution in [0.4, 0.5) is 10.1 Å². The number of benzene rings is 2. The highest BCUT2D eigenvalue weighted by Gasteiger charge is 2.13. The summed E-state index contributed by atoms with van der Waals surface area (Å²) in [7, 11) is 1.60. The van der Waals surface area contributed by atoms with E-state index in [2.05, 4.69) is 10.3 Å². The van der Waals surface area contributed by atoms with Gasteiger partial charge in [0.05, 0.1) is 24.2 Å². The van der Waals surface area contributed by atoms with E-state index >= 15 is 0 Å². The fourth-order valence-corrected chi connectivity index (χ4v) is 3.05. The minimum atomic E-state index is -0.462. The van der Waals surface area contributed by atoms with E-state index in [1.165, 1.54) is 23.9 Å². The van der Waals surface area contributed by atoms with Gasteiger partial charge in [0.1, 0.15) is 11.6 Å². The van der Waals surface area contributed by atoms with Gasteiger partial charge in [-0.2, -0.15) is 0 Å². The van der Waals surface area contributed by atoms with Crippen molar-refractivity contribution in [2.75, 3.05) is 18.2 Å². The molecule has 3 rings (SSSR count). The van der Waals surface area contributed by atoms with Gasteiger partial charge in [0, 0.05) is 12.4 Å². The largest absolute Gasteiger partial charge is 0.495 e. The Labute approximate surface area is 148 Å². The molecule has 1 heterocycles. The number of carbonyl (C=O) groups excluding carboxylic acids is 1. The first-order valence-corrected chi connectivity index (χ1v) is 8.51. The van der Waals surface area contributed by atoms with Crippen molar-refractivity contribution in [1.29, 1.82) is 0 Å². The Kier molecular flexibility index (Phi) is 5.35. The summed E-state index contributed by atoms with van der Waals surface area (Å²) >= 11 is 1.26. The first-order valence-electron chi connectivity index (χ1n) is 7.53. The highest BCUT2D eigenvalue weighted by molar-refractivity contribution is 7.99. The van der Waals surface area contributed by atoms with Crippen molar-refractivity contribution in [3.63, 3.8) is 0 Å². The number of amides is 1. The van der Waals surface area contributed by atoms with Gasteiger partial charge < -0.3 is 10.1 Å². The predicted octanol–water partition coefficient (Wildman–Crippen LogP) is 3.75. The maximum atomic E-state index is 13.6. The fourth-order valence-electron chi connectivity index (χ4n) is 2.29. The molecule has 7 heteroatoms. The van der Waals surface area contributed by atoms with Crippen LogP contribution in [0.25, 0.3) is 5.69 Å². The van der Waals surface area contributed by atoms with Crippen LogP contribution in [0.3, 0.4) is 0 Å². The van der Waals surface area contributed by atoms with Crippen molar-refractivity contribution >= 4 is 23.4 Å². The topological polar surface area (TPSA) is 56.2 Å². The number of para-hydroxylation sites is 3. The summed E-state index contributed by atoms with van der Waals surface area (Å²) in [5.74, 6) is 0.0553. The molecule has 1 aromatic heterocycles. The Morgan fingerprint density at radius 2 is 2.00 bits per heavy atom. The number of nitrogens with one attached hydrogen (secondary N) is 1. The lowest BCUT2D eigenvalue weighted by molar-refractivity contribution is -0.113. The van der Waals surface area contributed by atoms with E-state index in [-0.39, 0.29) is 17.3 Å². The number of thioether (sulfide) groups is 1. The molecular formula is C18H16FN3O2S. The van der Waals surface area contributed by atoms with Gasteiger partial charge in [0.15, 0.2) is 5.16 Å². The van der Waals surface area contributed by atoms with E-state index in [1.54, 1.807) is 31.6 Å². The van der Waals surface area contributed by atoms with Crippen molar-refractivity contribution in [2.24, 2.45) is 0 Å². The van der Waals surface area contributed by atoms with Crippen molar-refractivity contribution < 1.29 is 13.9 Å². The lowest BCUT2D eigenvalue weighted by Gasteiger charge is -2.11. The van der Waals surface area contributed by atoms with E-state index < -0.39 is 5.82 Å². The SMILES string of the molecule is COc1ccccc1-n1ccnc1SCC(=O)Nc1ccccc1F. The summed E-state index contributed by atoms with van der Waals surface area (Å²) in [6, 6.07) is 13.6. The van der Waals surface area contributed by atoms with E-state index in [9.17, 15) is 9.18 Å². The maximum absolute atomic E-state index is 13.6. The number of carbonyl (C=O) groups is 1. The summed E-state index contributed by atoms with van der Waals surface area (Å²) in [5.41, 5.74) is 1.00. The fraction of sp³-hybridized carbons (Fsp3) is 0.111. The van der Waals surface area contributed by atoms with E-state index in [0.717, 1.165) is 5.69 Å². The van der Waals surface area contributed by atoms with E-state index in [4.69, 9.17) is 4.74 Å². The number of methoxy groups -OCH3 is 1. The van der Waals surface area contributed by atoms with Crippen molar-refractivity contribution in [1.82, 2.24) is 9.55 Å². The van der Waals surface area contributed by atoms with Crippen LogP contribution in [0.1, 0.15) is 0 Å². The molecule has 0 aliphatic heterocycles. The van der Waals surface area contributed by atoms with E-state index in [0.29, 0.717) is 10.9 Å². The van der Waals surface area contributed by atoms with Crippen LogP contribution in [0.5, 0.6) is 5.75 Å². The average Bonchev–Trinajstić information content (AvgIpc) is 3.10. The van der Waals surface area contributed by atoms with Crippen LogP contribution in [0.2, 0.25) is 0 Å². The third-order valence-electron chi connectivity index (χ3n) is 3.43. The molecule has 128 valence electrons. The normalized spacial score (nSPS) is 10.5. The molecule has 0 radical (unpaired) electrons. The minimum Gasteiger partial charge on any atom is -0.495 e. The van der Waals surface area contributed by atoms with Crippen molar-refractivity contribution in [3.05, 3.63) is 66.7 Å². The Morgan fingerprint density at radius 1 is 1.24 bits per heavy atom. The number of ether oxygens (including phenoxy) is 1. The number of anilines is 1. The van der Waals surface area contributed by atoms with Crippen LogP contribution in [-0.2, 0) is 4.79 Å². The van der Waals surface area contributed by atoms with Gasteiger partial charge in [-0.15, -0.1) is 0 Å². The number of aromatic nitrogens is 2. The molecule has 0 saturated heterocycles. The molecule has 2 aromatic carbocycles. The summed E-state index contributed by atoms with van der Waals surface area (Å²) in [4.78, 5) is 16.4. The van der Waals surface area contributed by atoms with Gasteiger partial charge in [0.2, 0.25) is 5.91 Å². The number of nitrogens with zero attached hydrogens (tertiary/aromatic N) is 2. The molecule has 0 saturated carbocycles. The summed E-state index contributed by atoms with van der Waals surface area (Å²) in [6.07, 6.45) is 3.46. The molecule has 25 heavy (non-hydrogen) atoms. The first-order chi connectivity index (χ1) is 12.2. The van der Waals surface area contributed by atoms with E-state index in [1.807, 2.05) is 28.8 Å². The zero-order valence-corrected chi connectivity index (χ0v) is 14.3. The monoisotopic (exact) mass is 357 g/mol. The number of imidazole rings is 1. The standard InChI is InChI=1S/C18H16FN3O2S/c1-24-16-9-5-4-8-15(16)22-11-10-20-18(22)25-12-17(23)21-14-7-3-2-6-13(14)19/h2-11H,12H2,1H3,(H,21,23). The second kappa shape index (κ2) is 7.85. The lowest BCUT2D eigenvalue weighted by atomic mass is 10.3. The molecule has 3 aromatic rings. The molecule has 1 amide bonds. The highest BCUT2D eigenvalue weighted by atomic mass is 32.2. The van der Waals surface area contributed by atoms with Crippen LogP contribution < -0.4 is 10.1 Å². The van der Waals surface area contributed by atoms with Crippen LogP contribution in [-0.4, -0.2) is 28.3 Å². The molecule has 0 aliphatic rings. The minimum absolute atomic E-state index is 0.112. The smallest absolute Gasteiger partial charge is 0.234 e. The Balaban J connectivity index is 1.70. The van der Waals surface area contributed by atoms with Gasteiger partial charge in [-0.3, -0.25) is 9.36 Å². The van der Waals surface area contributed by atoms with Crippen molar-refractivity contribution in [3.8, 4) is 11.4 Å². The number of hydrogen-bond donors (Lipinski definition) is 1. The average molecular weight is 357 g/mol. The first kappa shape index (κ1) is 17.0. The summed E-state index contributed by atoms with van der Waals surface area (Å²) in [6.45, 7) is 0. The zero-order valence-electron chi connectivity index (χ0n) is 13.5. The maximum Gasteiger partial charge on any atom is 0.234 e. The second-order valence-electron chi connectivity index (χ2n) is 5.07. The molecule has 5 nitrogen and oxygen atoms in total. The Bertz CT molecular complexity index is 882. The second-order valence-corrected chi connectivity index (χ2v) is 6.01.